The van der Waals surface area contributed by atoms with E-state index in [0.717, 1.165) is 19.4 Å². The lowest BCUT2D eigenvalue weighted by Crippen LogP contribution is -2.16. The van der Waals surface area contributed by atoms with E-state index in [0.29, 0.717) is 18.1 Å². The summed E-state index contributed by atoms with van der Waals surface area (Å²) < 4.78 is 10.9. The maximum atomic E-state index is 8.56. The summed E-state index contributed by atoms with van der Waals surface area (Å²) in [5.74, 6) is 0.685. The molecule has 0 radical (unpaired) electrons. The van der Waals surface area contributed by atoms with Gasteiger partial charge in [0.1, 0.15) is 24.1 Å². The van der Waals surface area contributed by atoms with Crippen LogP contribution in [0.5, 0.6) is 5.75 Å². The quantitative estimate of drug-likeness (QED) is 0.748. The van der Waals surface area contributed by atoms with Crippen molar-refractivity contribution in [3.8, 4) is 11.8 Å². The highest BCUT2D eigenvalue weighted by atomic mass is 16.5. The van der Waals surface area contributed by atoms with Gasteiger partial charge in [-0.15, -0.1) is 0 Å². The molecule has 1 aromatic rings. The number of rotatable bonds is 3. The number of nitrogens with zero attached hydrogens (tertiary/aromatic N) is 2. The van der Waals surface area contributed by atoms with Gasteiger partial charge in [0.2, 0.25) is 0 Å². The molecule has 4 nitrogen and oxygen atoms in total. The van der Waals surface area contributed by atoms with Crippen LogP contribution < -0.4 is 4.74 Å². The largest absolute Gasteiger partial charge is 0.489 e. The van der Waals surface area contributed by atoms with Gasteiger partial charge in [0.25, 0.3) is 0 Å². The maximum absolute atomic E-state index is 8.56. The Kier molecular flexibility index (Phi) is 3.15. The fourth-order valence-corrected chi connectivity index (χ4v) is 1.50. The van der Waals surface area contributed by atoms with Gasteiger partial charge in [-0.2, -0.15) is 5.26 Å². The molecule has 1 saturated heterocycles. The first-order valence-electron chi connectivity index (χ1n) is 4.99. The van der Waals surface area contributed by atoms with E-state index in [4.69, 9.17) is 14.7 Å². The number of hydrogen-bond acceptors (Lipinski definition) is 4. The van der Waals surface area contributed by atoms with Crippen molar-refractivity contribution in [3.05, 3.63) is 24.0 Å². The molecule has 1 unspecified atom stereocenters. The topological polar surface area (TPSA) is 55.1 Å². The Morgan fingerprint density at radius 3 is 3.13 bits per heavy atom. The molecule has 1 aliphatic heterocycles. The van der Waals surface area contributed by atoms with E-state index in [1.54, 1.807) is 18.3 Å². The van der Waals surface area contributed by atoms with E-state index in [-0.39, 0.29) is 6.10 Å². The highest BCUT2D eigenvalue weighted by molar-refractivity contribution is 5.26. The van der Waals surface area contributed by atoms with Gasteiger partial charge in [0, 0.05) is 6.61 Å². The molecule has 0 bridgehead atoms. The van der Waals surface area contributed by atoms with Crippen molar-refractivity contribution in [1.82, 2.24) is 4.98 Å². The molecule has 1 aliphatic rings. The van der Waals surface area contributed by atoms with Gasteiger partial charge in [0.05, 0.1) is 12.3 Å². The van der Waals surface area contributed by atoms with Crippen molar-refractivity contribution in [2.24, 2.45) is 0 Å². The van der Waals surface area contributed by atoms with Crippen LogP contribution in [0.4, 0.5) is 0 Å². The van der Waals surface area contributed by atoms with E-state index in [1.807, 2.05) is 6.07 Å². The van der Waals surface area contributed by atoms with Crippen LogP contribution in [0.15, 0.2) is 18.3 Å². The molecule has 0 saturated carbocycles. The molecule has 0 aromatic carbocycles. The van der Waals surface area contributed by atoms with Crippen LogP contribution in [-0.4, -0.2) is 24.3 Å². The van der Waals surface area contributed by atoms with E-state index in [1.165, 1.54) is 0 Å². The Morgan fingerprint density at radius 2 is 2.53 bits per heavy atom. The number of ether oxygens (including phenoxy) is 2. The van der Waals surface area contributed by atoms with Gasteiger partial charge in [-0.3, -0.25) is 0 Å². The van der Waals surface area contributed by atoms with Gasteiger partial charge in [0.15, 0.2) is 0 Å². The molecule has 1 aromatic heterocycles. The van der Waals surface area contributed by atoms with Gasteiger partial charge in [-0.25, -0.2) is 4.98 Å². The molecule has 1 atom stereocenters. The summed E-state index contributed by atoms with van der Waals surface area (Å²) in [6.45, 7) is 1.40. The second-order valence-corrected chi connectivity index (χ2v) is 3.44. The van der Waals surface area contributed by atoms with E-state index in [9.17, 15) is 0 Å². The second kappa shape index (κ2) is 4.76. The minimum atomic E-state index is 0.209. The summed E-state index contributed by atoms with van der Waals surface area (Å²) in [4.78, 5) is 3.92. The van der Waals surface area contributed by atoms with Gasteiger partial charge in [-0.1, -0.05) is 0 Å². The van der Waals surface area contributed by atoms with Crippen LogP contribution >= 0.6 is 0 Å². The standard InChI is InChI=1S/C11H12N2O2/c12-6-9-3-4-10(7-13-9)15-8-11-2-1-5-14-11/h3-4,7,11H,1-2,5,8H2. The Morgan fingerprint density at radius 1 is 1.60 bits per heavy atom. The first-order chi connectivity index (χ1) is 7.38. The fourth-order valence-electron chi connectivity index (χ4n) is 1.50. The molecule has 78 valence electrons. The predicted molar refractivity (Wildman–Crippen MR) is 53.4 cm³/mol. The maximum Gasteiger partial charge on any atom is 0.140 e. The summed E-state index contributed by atoms with van der Waals surface area (Å²) in [6, 6.07) is 5.35. The van der Waals surface area contributed by atoms with E-state index in [2.05, 4.69) is 4.98 Å². The minimum Gasteiger partial charge on any atom is -0.489 e. The third-order valence-corrected chi connectivity index (χ3v) is 2.31. The molecular weight excluding hydrogens is 192 g/mol. The lowest BCUT2D eigenvalue weighted by Gasteiger charge is -2.10. The number of pyridine rings is 1. The molecule has 15 heavy (non-hydrogen) atoms. The van der Waals surface area contributed by atoms with E-state index < -0.39 is 0 Å². The van der Waals surface area contributed by atoms with Crippen molar-refractivity contribution in [2.45, 2.75) is 18.9 Å². The Balaban J connectivity index is 1.85. The SMILES string of the molecule is N#Cc1ccc(OCC2CCCO2)cn1. The first-order valence-corrected chi connectivity index (χ1v) is 4.99. The lowest BCUT2D eigenvalue weighted by atomic mass is 10.2. The smallest absolute Gasteiger partial charge is 0.140 e. The number of nitriles is 1. The lowest BCUT2D eigenvalue weighted by molar-refractivity contribution is 0.0678. The van der Waals surface area contributed by atoms with Crippen LogP contribution in [0.25, 0.3) is 0 Å². The average molecular weight is 204 g/mol. The molecule has 4 heteroatoms. The zero-order chi connectivity index (χ0) is 10.5. The minimum absolute atomic E-state index is 0.209. The Bertz CT molecular complexity index is 350. The highest BCUT2D eigenvalue weighted by Gasteiger charge is 2.15. The van der Waals surface area contributed by atoms with Crippen molar-refractivity contribution >= 4 is 0 Å². The van der Waals surface area contributed by atoms with Crippen LogP contribution in [0.2, 0.25) is 0 Å². The van der Waals surface area contributed by atoms with Crippen molar-refractivity contribution in [3.63, 3.8) is 0 Å². The monoisotopic (exact) mass is 204 g/mol. The van der Waals surface area contributed by atoms with Crippen molar-refractivity contribution in [2.75, 3.05) is 13.2 Å². The van der Waals surface area contributed by atoms with Gasteiger partial charge >= 0.3 is 0 Å². The second-order valence-electron chi connectivity index (χ2n) is 3.44. The van der Waals surface area contributed by atoms with E-state index >= 15 is 0 Å². The van der Waals surface area contributed by atoms with Crippen molar-refractivity contribution in [1.29, 1.82) is 5.26 Å². The van der Waals surface area contributed by atoms with Crippen molar-refractivity contribution < 1.29 is 9.47 Å². The molecule has 1 fully saturated rings. The average Bonchev–Trinajstić information content (AvgIpc) is 2.80. The summed E-state index contributed by atoms with van der Waals surface area (Å²) in [7, 11) is 0. The van der Waals surface area contributed by atoms with Crippen LogP contribution in [0.3, 0.4) is 0 Å². The van der Waals surface area contributed by atoms with Gasteiger partial charge in [-0.05, 0) is 25.0 Å². The summed E-state index contributed by atoms with van der Waals surface area (Å²) >= 11 is 0. The Labute approximate surface area is 88.5 Å². The zero-order valence-electron chi connectivity index (χ0n) is 8.35. The molecule has 2 rings (SSSR count). The first kappa shape index (κ1) is 9.94. The summed E-state index contributed by atoms with van der Waals surface area (Å²) in [5.41, 5.74) is 0.402. The molecule has 2 heterocycles. The fraction of sp³-hybridized carbons (Fsp3) is 0.455. The number of hydrogen-bond donors (Lipinski definition) is 0. The van der Waals surface area contributed by atoms with Crippen LogP contribution in [0, 0.1) is 11.3 Å². The Hall–Kier alpha value is -1.60. The normalized spacial score (nSPS) is 19.8. The van der Waals surface area contributed by atoms with Crippen LogP contribution in [-0.2, 0) is 4.74 Å². The van der Waals surface area contributed by atoms with Gasteiger partial charge < -0.3 is 9.47 Å². The third kappa shape index (κ3) is 2.67. The molecular formula is C11H12N2O2. The molecule has 0 aliphatic carbocycles. The highest BCUT2D eigenvalue weighted by Crippen LogP contribution is 2.15. The molecule has 0 N–H and O–H groups in total. The van der Waals surface area contributed by atoms with Crippen LogP contribution in [0.1, 0.15) is 18.5 Å². The summed E-state index contributed by atoms with van der Waals surface area (Å²) in [5, 5.41) is 8.56. The third-order valence-electron chi connectivity index (χ3n) is 2.31. The number of aromatic nitrogens is 1. The zero-order valence-corrected chi connectivity index (χ0v) is 8.35. The molecule has 0 amide bonds. The summed E-state index contributed by atoms with van der Waals surface area (Å²) in [6.07, 6.45) is 3.94. The molecule has 0 spiro atoms. The predicted octanol–water partition coefficient (Wildman–Crippen LogP) is 1.51.